The van der Waals surface area contributed by atoms with Gasteiger partial charge in [0.15, 0.2) is 0 Å². The predicted octanol–water partition coefficient (Wildman–Crippen LogP) is 7.56. The number of ether oxygens (including phenoxy) is 1. The molecule has 3 aromatic rings. The first-order chi connectivity index (χ1) is 25.0. The van der Waals surface area contributed by atoms with E-state index in [9.17, 15) is 14.4 Å². The van der Waals surface area contributed by atoms with E-state index < -0.39 is 15.9 Å². The van der Waals surface area contributed by atoms with Gasteiger partial charge in [0.2, 0.25) is 5.95 Å². The van der Waals surface area contributed by atoms with Gasteiger partial charge in [0, 0.05) is 85.5 Å². The molecule has 0 spiro atoms. The predicted molar refractivity (Wildman–Crippen MR) is 214 cm³/mol. The van der Waals surface area contributed by atoms with Crippen molar-refractivity contribution in [1.29, 1.82) is 5.26 Å². The molecule has 0 amide bonds. The third-order valence-corrected chi connectivity index (χ3v) is 13.2. The fourth-order valence-corrected chi connectivity index (χ4v) is 7.20. The first-order valence-corrected chi connectivity index (χ1v) is 20.9. The average molecular weight is 751 g/mol. The van der Waals surface area contributed by atoms with Crippen LogP contribution in [0.15, 0.2) is 48.9 Å². The summed E-state index contributed by atoms with van der Waals surface area (Å²) in [5, 5.41) is 12.9. The van der Waals surface area contributed by atoms with Gasteiger partial charge in [-0.1, -0.05) is 34.6 Å². The molecular weight excluding hydrogens is 692 g/mol. The van der Waals surface area contributed by atoms with Crippen molar-refractivity contribution in [3.8, 4) is 17.2 Å². The number of benzene rings is 1. The minimum absolute atomic E-state index is 0.00730. The van der Waals surface area contributed by atoms with Gasteiger partial charge in [-0.05, 0) is 75.6 Å². The summed E-state index contributed by atoms with van der Waals surface area (Å²) in [6, 6.07) is 11.1. The summed E-state index contributed by atoms with van der Waals surface area (Å²) in [5.74, 6) is 0.713. The van der Waals surface area contributed by atoms with Crippen LogP contribution in [-0.4, -0.2) is 105 Å². The van der Waals surface area contributed by atoms with Crippen molar-refractivity contribution >= 4 is 33.7 Å². The fraction of sp³-hybridized carbons (Fsp3) is 0.575. The smallest absolute Gasteiger partial charge is 0.320 e. The lowest BCUT2D eigenvalue weighted by molar-refractivity contribution is -0.156. The van der Waals surface area contributed by atoms with E-state index in [2.05, 4.69) is 64.4 Å². The van der Waals surface area contributed by atoms with Crippen LogP contribution in [0.3, 0.4) is 0 Å². The molecule has 2 unspecified atom stereocenters. The quantitative estimate of drug-likeness (QED) is 0.196. The highest BCUT2D eigenvalue weighted by Gasteiger charge is 2.39. The van der Waals surface area contributed by atoms with Crippen LogP contribution in [0.4, 0.5) is 21.8 Å². The zero-order valence-corrected chi connectivity index (χ0v) is 34.1. The van der Waals surface area contributed by atoms with Crippen LogP contribution in [0.2, 0.25) is 0 Å². The molecule has 5 rings (SSSR count). The van der Waals surface area contributed by atoms with Crippen LogP contribution in [0.25, 0.3) is 11.1 Å². The minimum Gasteiger partial charge on any atom is -0.459 e. The Balaban J connectivity index is 0.00000308. The van der Waals surface area contributed by atoms with E-state index in [-0.39, 0.29) is 35.2 Å². The summed E-state index contributed by atoms with van der Waals surface area (Å²) in [5.41, 5.74) is 2.54. The summed E-state index contributed by atoms with van der Waals surface area (Å²) in [6.07, 6.45) is 10.9. The van der Waals surface area contributed by atoms with Crippen molar-refractivity contribution in [2.45, 2.75) is 97.3 Å². The Morgan fingerprint density at radius 3 is 2.26 bits per heavy atom. The Morgan fingerprint density at radius 1 is 0.981 bits per heavy atom. The monoisotopic (exact) mass is 750 g/mol. The van der Waals surface area contributed by atoms with E-state index in [4.69, 9.17) is 18.9 Å². The number of carbonyl (C=O) groups is 1. The number of nitrogens with zero attached hydrogens (tertiary/aromatic N) is 7. The summed E-state index contributed by atoms with van der Waals surface area (Å²) < 4.78 is 27.1. The van der Waals surface area contributed by atoms with Gasteiger partial charge in [-0.15, -0.1) is 10.3 Å². The molecule has 0 saturated carbocycles. The molecule has 2 atom stereocenters. The molecule has 290 valence electrons. The zero-order chi connectivity index (χ0) is 39.0. The van der Waals surface area contributed by atoms with E-state index in [1.54, 1.807) is 24.7 Å². The van der Waals surface area contributed by atoms with Crippen molar-refractivity contribution in [3.05, 3.63) is 60.3 Å². The molecular formula is C40H59FN8O3S. The van der Waals surface area contributed by atoms with E-state index >= 15 is 0 Å². The number of esters is 1. The number of piperazine rings is 1. The minimum atomic E-state index is -1.31. The number of hydrogen-bond donors (Lipinski definition) is 1. The number of halogens is 1. The Bertz CT molecular complexity index is 1700. The van der Waals surface area contributed by atoms with Crippen LogP contribution < -0.4 is 10.2 Å². The number of nitrogens with one attached hydrogen (secondary N) is 1. The van der Waals surface area contributed by atoms with Gasteiger partial charge in [-0.3, -0.25) is 14.6 Å². The highest BCUT2D eigenvalue weighted by molar-refractivity contribution is 8.29. The number of nitriles is 1. The molecule has 11 nitrogen and oxygen atoms in total. The second kappa shape index (κ2) is 18.0. The highest BCUT2D eigenvalue weighted by Crippen LogP contribution is 2.55. The molecule has 0 bridgehead atoms. The molecule has 0 radical (unpaired) electrons. The normalized spacial score (nSPS) is 18.9. The van der Waals surface area contributed by atoms with Crippen molar-refractivity contribution in [2.24, 2.45) is 0 Å². The maximum Gasteiger partial charge on any atom is 0.320 e. The number of pyridine rings is 1. The largest absolute Gasteiger partial charge is 0.459 e. The zero-order valence-electron chi connectivity index (χ0n) is 33.3. The van der Waals surface area contributed by atoms with Crippen molar-refractivity contribution < 1.29 is 18.1 Å². The number of aromatic nitrogens is 3. The number of anilines is 3. The van der Waals surface area contributed by atoms with Gasteiger partial charge in [0.25, 0.3) is 0 Å². The Hall–Kier alpha value is -3.83. The first kappa shape index (κ1) is 41.9. The maximum absolute atomic E-state index is 14.9. The first-order valence-electron chi connectivity index (χ1n) is 18.5. The molecule has 2 aromatic heterocycles. The fourth-order valence-electron chi connectivity index (χ4n) is 6.09. The molecule has 1 aromatic carbocycles. The van der Waals surface area contributed by atoms with E-state index in [1.807, 2.05) is 52.8 Å². The molecule has 1 N–H and O–H groups in total. The van der Waals surface area contributed by atoms with Crippen molar-refractivity contribution in [2.75, 3.05) is 62.0 Å². The lowest BCUT2D eigenvalue weighted by Gasteiger charge is -2.45. The standard InChI is InChI=1S/C38H53FN8O3S.C2H6/c1-37(2,3)49-35(48)26-46-17-15-45(16-18-46)24-28-19-30(9-10-33(28)39)44-34-20-27(12-14-41-34)29-22-42-36(43-23-29)47-25-32(21-31(47)11-13-40)50-51(7,8)38(4,5)6;1-2/h9-10,12,14,19-20,22-23,31-32H,11,15-18,21,24-26H2,1-8H3,(H,41,44);1-2H3. The Kier molecular flexibility index (Phi) is 14.2. The third-order valence-electron chi connectivity index (χ3n) is 9.49. The van der Waals surface area contributed by atoms with Gasteiger partial charge in [-0.2, -0.15) is 5.26 Å². The summed E-state index contributed by atoms with van der Waals surface area (Å²) in [6.45, 7) is 20.5. The Labute approximate surface area is 317 Å². The van der Waals surface area contributed by atoms with Gasteiger partial charge in [0.05, 0.1) is 25.1 Å². The maximum atomic E-state index is 14.9. The molecule has 2 aliphatic heterocycles. The van der Waals surface area contributed by atoms with Crippen LogP contribution in [0, 0.1) is 17.1 Å². The average Bonchev–Trinajstić information content (AvgIpc) is 3.48. The van der Waals surface area contributed by atoms with Crippen LogP contribution in [0.5, 0.6) is 0 Å². The van der Waals surface area contributed by atoms with Gasteiger partial charge < -0.3 is 19.1 Å². The number of hydrogen-bond acceptors (Lipinski definition) is 11. The summed E-state index contributed by atoms with van der Waals surface area (Å²) in [4.78, 5) is 32.5. The van der Waals surface area contributed by atoms with Gasteiger partial charge >= 0.3 is 5.97 Å². The molecule has 13 heteroatoms. The van der Waals surface area contributed by atoms with E-state index in [0.717, 1.165) is 36.3 Å². The second-order valence-electron chi connectivity index (χ2n) is 15.7. The molecule has 0 aliphatic carbocycles. The molecule has 4 heterocycles. The van der Waals surface area contributed by atoms with Crippen LogP contribution in [0.1, 0.15) is 73.8 Å². The van der Waals surface area contributed by atoms with E-state index in [1.165, 1.54) is 6.07 Å². The SMILES string of the molecule is CC.CC(C)(C)OC(=O)CN1CCN(Cc2cc(Nc3cc(-c4cnc(N5CC(OS(C)(C)C(C)(C)C)CC5CC#N)nc4)ccn3)ccc2F)CC1. The lowest BCUT2D eigenvalue weighted by Crippen LogP contribution is -2.48. The van der Waals surface area contributed by atoms with E-state index in [0.29, 0.717) is 49.9 Å². The molecule has 2 saturated heterocycles. The Morgan fingerprint density at radius 2 is 1.64 bits per heavy atom. The molecule has 2 aliphatic rings. The summed E-state index contributed by atoms with van der Waals surface area (Å²) >= 11 is 0. The second-order valence-corrected chi connectivity index (χ2v) is 19.6. The third kappa shape index (κ3) is 11.8. The number of rotatable bonds is 11. The van der Waals surface area contributed by atoms with Crippen molar-refractivity contribution in [1.82, 2.24) is 24.8 Å². The van der Waals surface area contributed by atoms with Crippen LogP contribution >= 0.6 is 10.3 Å². The van der Waals surface area contributed by atoms with Crippen LogP contribution in [-0.2, 0) is 20.3 Å². The van der Waals surface area contributed by atoms with Gasteiger partial charge in [0.1, 0.15) is 17.2 Å². The molecule has 2 fully saturated rings. The molecule has 53 heavy (non-hydrogen) atoms. The number of carbonyl (C=O) groups excluding carboxylic acids is 1. The van der Waals surface area contributed by atoms with Gasteiger partial charge in [-0.25, -0.2) is 19.3 Å². The highest BCUT2D eigenvalue weighted by atomic mass is 32.3. The lowest BCUT2D eigenvalue weighted by atomic mass is 10.1. The summed E-state index contributed by atoms with van der Waals surface area (Å²) in [7, 11) is -1.31. The van der Waals surface area contributed by atoms with Crippen molar-refractivity contribution in [3.63, 3.8) is 0 Å². The topological polar surface area (TPSA) is 120 Å².